The smallest absolute Gasteiger partial charge is 0.309 e. The number of ether oxygens (including phenoxy) is 1. The van der Waals surface area contributed by atoms with E-state index in [-0.39, 0.29) is 47.7 Å². The molecular formula is C14H23NO3. The van der Waals surface area contributed by atoms with Gasteiger partial charge in [0.1, 0.15) is 6.10 Å². The summed E-state index contributed by atoms with van der Waals surface area (Å²) in [4.78, 5) is 23.9. The summed E-state index contributed by atoms with van der Waals surface area (Å²) >= 11 is 0. The fourth-order valence-electron chi connectivity index (χ4n) is 2.97. The average molecular weight is 253 g/mol. The van der Waals surface area contributed by atoms with Crippen LogP contribution in [0.1, 0.15) is 40.5 Å². The van der Waals surface area contributed by atoms with Gasteiger partial charge in [0.05, 0.1) is 12.0 Å². The first-order valence-electron chi connectivity index (χ1n) is 6.91. The molecule has 4 atom stereocenters. The second-order valence-corrected chi connectivity index (χ2v) is 6.26. The maximum atomic E-state index is 12.0. The van der Waals surface area contributed by atoms with E-state index in [4.69, 9.17) is 4.74 Å². The van der Waals surface area contributed by atoms with Gasteiger partial charge in [-0.25, -0.2) is 0 Å². The number of nitrogens with one attached hydrogen (secondary N) is 1. The van der Waals surface area contributed by atoms with Gasteiger partial charge in [-0.1, -0.05) is 27.7 Å². The monoisotopic (exact) mass is 253 g/mol. The third-order valence-electron chi connectivity index (χ3n) is 4.29. The van der Waals surface area contributed by atoms with Gasteiger partial charge in [-0.15, -0.1) is 0 Å². The zero-order valence-corrected chi connectivity index (χ0v) is 11.6. The highest BCUT2D eigenvalue weighted by Gasteiger charge is 2.45. The summed E-state index contributed by atoms with van der Waals surface area (Å²) in [7, 11) is 0. The first-order valence-corrected chi connectivity index (χ1v) is 6.91. The molecule has 2 fully saturated rings. The summed E-state index contributed by atoms with van der Waals surface area (Å²) in [5.41, 5.74) is 0. The second-order valence-electron chi connectivity index (χ2n) is 6.26. The molecule has 0 unspecified atom stereocenters. The molecule has 2 heterocycles. The Labute approximate surface area is 108 Å². The first kappa shape index (κ1) is 13.4. The molecule has 1 N–H and O–H groups in total. The molecule has 0 bridgehead atoms. The van der Waals surface area contributed by atoms with Crippen LogP contribution in [-0.2, 0) is 14.3 Å². The Balaban J connectivity index is 2.09. The third-order valence-corrected chi connectivity index (χ3v) is 4.29. The van der Waals surface area contributed by atoms with E-state index >= 15 is 0 Å². The molecule has 0 aliphatic carbocycles. The van der Waals surface area contributed by atoms with Crippen LogP contribution < -0.4 is 5.32 Å². The zero-order chi connectivity index (χ0) is 13.4. The molecular weight excluding hydrogens is 230 g/mol. The predicted molar refractivity (Wildman–Crippen MR) is 67.7 cm³/mol. The van der Waals surface area contributed by atoms with Crippen LogP contribution in [0.25, 0.3) is 0 Å². The maximum absolute atomic E-state index is 12.0. The highest BCUT2D eigenvalue weighted by Crippen LogP contribution is 2.34. The number of amides is 1. The maximum Gasteiger partial charge on any atom is 0.309 e. The summed E-state index contributed by atoms with van der Waals surface area (Å²) in [6.45, 7) is 8.11. The van der Waals surface area contributed by atoms with Crippen molar-refractivity contribution in [2.24, 2.45) is 23.7 Å². The number of fused-ring (bicyclic) bond motifs is 1. The molecule has 2 aliphatic rings. The minimum Gasteiger partial charge on any atom is -0.460 e. The number of carbonyl (C=O) groups excluding carboxylic acids is 2. The molecule has 2 aliphatic heterocycles. The van der Waals surface area contributed by atoms with Crippen LogP contribution in [0.3, 0.4) is 0 Å². The van der Waals surface area contributed by atoms with Crippen LogP contribution in [0.4, 0.5) is 0 Å². The Morgan fingerprint density at radius 3 is 2.22 bits per heavy atom. The SMILES string of the molecule is CC(C)[C@@H]1C[C@@H]2OC(=O)[C@H](C(C)C)C[C@@H]2NC1=O. The lowest BCUT2D eigenvalue weighted by atomic mass is 9.78. The lowest BCUT2D eigenvalue weighted by Crippen LogP contribution is -2.58. The molecule has 0 aromatic rings. The van der Waals surface area contributed by atoms with Gasteiger partial charge in [-0.3, -0.25) is 9.59 Å². The molecule has 2 saturated heterocycles. The van der Waals surface area contributed by atoms with Crippen molar-refractivity contribution in [3.8, 4) is 0 Å². The van der Waals surface area contributed by atoms with Crippen LogP contribution in [0, 0.1) is 23.7 Å². The van der Waals surface area contributed by atoms with E-state index in [9.17, 15) is 9.59 Å². The molecule has 0 spiro atoms. The van der Waals surface area contributed by atoms with E-state index in [0.29, 0.717) is 6.42 Å². The highest BCUT2D eigenvalue weighted by atomic mass is 16.5. The van der Waals surface area contributed by atoms with Gasteiger partial charge in [0.2, 0.25) is 5.91 Å². The molecule has 0 radical (unpaired) electrons. The summed E-state index contributed by atoms with van der Waals surface area (Å²) in [6, 6.07) is 0.0117. The summed E-state index contributed by atoms with van der Waals surface area (Å²) in [6.07, 6.45) is 1.26. The van der Waals surface area contributed by atoms with Gasteiger partial charge < -0.3 is 10.1 Å². The number of hydrogen-bond donors (Lipinski definition) is 1. The Morgan fingerprint density at radius 1 is 1.06 bits per heavy atom. The summed E-state index contributed by atoms with van der Waals surface area (Å²) < 4.78 is 5.54. The van der Waals surface area contributed by atoms with E-state index in [2.05, 4.69) is 5.32 Å². The summed E-state index contributed by atoms with van der Waals surface area (Å²) in [5.74, 6) is 0.457. The zero-order valence-electron chi connectivity index (χ0n) is 11.6. The number of rotatable bonds is 2. The molecule has 1 amide bonds. The van der Waals surface area contributed by atoms with Gasteiger partial charge in [0.15, 0.2) is 0 Å². The Morgan fingerprint density at radius 2 is 1.67 bits per heavy atom. The molecule has 0 aromatic carbocycles. The second kappa shape index (κ2) is 4.90. The molecule has 4 heteroatoms. The molecule has 4 nitrogen and oxygen atoms in total. The number of carbonyl (C=O) groups is 2. The van der Waals surface area contributed by atoms with Gasteiger partial charge in [-0.2, -0.15) is 0 Å². The van der Waals surface area contributed by atoms with E-state index in [0.717, 1.165) is 6.42 Å². The molecule has 102 valence electrons. The van der Waals surface area contributed by atoms with Crippen LogP contribution in [0.2, 0.25) is 0 Å². The van der Waals surface area contributed by atoms with E-state index in [1.807, 2.05) is 27.7 Å². The number of hydrogen-bond acceptors (Lipinski definition) is 3. The standard InChI is InChI=1S/C14H23NO3/c1-7(2)9-6-12-11(15-13(9)16)5-10(8(3)4)14(17)18-12/h7-12H,5-6H2,1-4H3,(H,15,16)/t9-,10-,11-,12-/m0/s1. The van der Waals surface area contributed by atoms with Crippen molar-refractivity contribution in [3.63, 3.8) is 0 Å². The van der Waals surface area contributed by atoms with Crippen LogP contribution in [-0.4, -0.2) is 24.0 Å². The predicted octanol–water partition coefficient (Wildman–Crippen LogP) is 1.73. The minimum absolute atomic E-state index is 0.0117. The van der Waals surface area contributed by atoms with Crippen molar-refractivity contribution < 1.29 is 14.3 Å². The van der Waals surface area contributed by atoms with Gasteiger partial charge in [0.25, 0.3) is 0 Å². The van der Waals surface area contributed by atoms with Gasteiger partial charge >= 0.3 is 5.97 Å². The van der Waals surface area contributed by atoms with E-state index in [1.165, 1.54) is 0 Å². The molecule has 0 aromatic heterocycles. The van der Waals surface area contributed by atoms with Crippen molar-refractivity contribution in [2.45, 2.75) is 52.7 Å². The minimum atomic E-state index is -0.127. The van der Waals surface area contributed by atoms with Crippen LogP contribution in [0.5, 0.6) is 0 Å². The normalized spacial score (nSPS) is 36.3. The third kappa shape index (κ3) is 2.38. The molecule has 18 heavy (non-hydrogen) atoms. The first-order chi connectivity index (χ1) is 8.40. The molecule has 0 saturated carbocycles. The average Bonchev–Trinajstić information content (AvgIpc) is 2.27. The fraction of sp³-hybridized carbons (Fsp3) is 0.857. The van der Waals surface area contributed by atoms with Crippen LogP contribution >= 0.6 is 0 Å². The van der Waals surface area contributed by atoms with Crippen molar-refractivity contribution in [3.05, 3.63) is 0 Å². The fourth-order valence-corrected chi connectivity index (χ4v) is 2.97. The largest absolute Gasteiger partial charge is 0.460 e. The Bertz CT molecular complexity index is 317. The highest BCUT2D eigenvalue weighted by molar-refractivity contribution is 5.81. The Hall–Kier alpha value is -1.06. The molecule has 2 rings (SSSR count). The van der Waals surface area contributed by atoms with Crippen molar-refractivity contribution in [1.29, 1.82) is 0 Å². The quantitative estimate of drug-likeness (QED) is 0.763. The lowest BCUT2D eigenvalue weighted by molar-refractivity contribution is -0.172. The van der Waals surface area contributed by atoms with Crippen molar-refractivity contribution in [2.75, 3.05) is 0 Å². The summed E-state index contributed by atoms with van der Waals surface area (Å²) in [5, 5.41) is 3.04. The van der Waals surface area contributed by atoms with Crippen molar-refractivity contribution in [1.82, 2.24) is 5.32 Å². The number of piperidine rings is 1. The lowest BCUT2D eigenvalue weighted by Gasteiger charge is -2.42. The van der Waals surface area contributed by atoms with E-state index in [1.54, 1.807) is 0 Å². The number of esters is 1. The van der Waals surface area contributed by atoms with E-state index < -0.39 is 0 Å². The van der Waals surface area contributed by atoms with Gasteiger partial charge in [-0.05, 0) is 24.7 Å². The van der Waals surface area contributed by atoms with Gasteiger partial charge in [0, 0.05) is 5.92 Å². The van der Waals surface area contributed by atoms with Crippen LogP contribution in [0.15, 0.2) is 0 Å². The Kier molecular flexibility index (Phi) is 3.64. The topological polar surface area (TPSA) is 55.4 Å². The van der Waals surface area contributed by atoms with Crippen molar-refractivity contribution >= 4 is 11.9 Å².